The number of nitrogen functional groups attached to an aromatic ring is 1. The molecular weight excluding hydrogens is 190 g/mol. The smallest absolute Gasteiger partial charge is 0.418 e. The Morgan fingerprint density at radius 1 is 1.23 bits per heavy atom. The predicted octanol–water partition coefficient (Wildman–Crippen LogP) is 2.13. The van der Waals surface area contributed by atoms with Crippen molar-refractivity contribution in [2.24, 2.45) is 0 Å². The van der Waals surface area contributed by atoms with Gasteiger partial charge in [-0.25, -0.2) is 4.39 Å². The minimum atomic E-state index is -4.71. The summed E-state index contributed by atoms with van der Waals surface area (Å²) in [4.78, 5) is 0. The minimum Gasteiger partial charge on any atom is -0.505 e. The van der Waals surface area contributed by atoms with Gasteiger partial charge in [-0.05, 0) is 12.1 Å². The molecule has 72 valence electrons. The second-order valence-electron chi connectivity index (χ2n) is 2.36. The molecule has 0 aromatic heterocycles. The third-order valence-electron chi connectivity index (χ3n) is 1.46. The van der Waals surface area contributed by atoms with Crippen molar-refractivity contribution in [1.82, 2.24) is 0 Å². The Kier molecular flexibility index (Phi) is 2.07. The lowest BCUT2D eigenvalue weighted by Gasteiger charge is -2.10. The highest BCUT2D eigenvalue weighted by molar-refractivity contribution is 5.54. The van der Waals surface area contributed by atoms with E-state index >= 15 is 0 Å². The molecule has 0 fully saturated rings. The lowest BCUT2D eigenvalue weighted by molar-refractivity contribution is -0.137. The van der Waals surface area contributed by atoms with E-state index in [1.165, 1.54) is 0 Å². The summed E-state index contributed by atoms with van der Waals surface area (Å²) in [7, 11) is 0. The fourth-order valence-electron chi connectivity index (χ4n) is 0.829. The number of phenols is 1. The molecule has 0 atom stereocenters. The van der Waals surface area contributed by atoms with Gasteiger partial charge in [-0.2, -0.15) is 13.2 Å². The molecule has 1 aromatic carbocycles. The maximum atomic E-state index is 12.6. The molecule has 0 spiro atoms. The second kappa shape index (κ2) is 2.79. The average Bonchev–Trinajstić information content (AvgIpc) is 1.98. The second-order valence-corrected chi connectivity index (χ2v) is 2.36. The molecule has 0 aliphatic carbocycles. The molecule has 0 heterocycles. The Hall–Kier alpha value is -1.46. The Balaban J connectivity index is 3.35. The van der Waals surface area contributed by atoms with Crippen LogP contribution >= 0.6 is 0 Å². The Morgan fingerprint density at radius 2 is 1.77 bits per heavy atom. The van der Waals surface area contributed by atoms with Crippen molar-refractivity contribution in [3.8, 4) is 5.75 Å². The molecule has 0 amide bonds. The normalized spacial score (nSPS) is 11.7. The van der Waals surface area contributed by atoms with Crippen molar-refractivity contribution >= 4 is 5.69 Å². The number of aromatic hydroxyl groups is 1. The zero-order valence-corrected chi connectivity index (χ0v) is 6.19. The third kappa shape index (κ3) is 1.66. The molecule has 13 heavy (non-hydrogen) atoms. The number of alkyl halides is 3. The van der Waals surface area contributed by atoms with Crippen LogP contribution in [0, 0.1) is 5.82 Å². The Labute approximate surface area is 70.6 Å². The van der Waals surface area contributed by atoms with Crippen LogP contribution in [0.1, 0.15) is 5.56 Å². The standard InChI is InChI=1S/C7H5F4NO/c8-5-4(13)2-1-3(6(5)12)7(9,10)11/h1-2,13H,12H2. The van der Waals surface area contributed by atoms with Crippen LogP contribution in [0.3, 0.4) is 0 Å². The summed E-state index contributed by atoms with van der Waals surface area (Å²) >= 11 is 0. The quantitative estimate of drug-likeness (QED) is 0.492. The maximum Gasteiger partial charge on any atom is 0.418 e. The molecule has 2 nitrogen and oxygen atoms in total. The topological polar surface area (TPSA) is 46.2 Å². The molecule has 3 N–H and O–H groups in total. The van der Waals surface area contributed by atoms with Crippen LogP contribution < -0.4 is 5.73 Å². The van der Waals surface area contributed by atoms with Crippen molar-refractivity contribution in [3.63, 3.8) is 0 Å². The first-order chi connectivity index (χ1) is 5.84. The van der Waals surface area contributed by atoms with Crippen LogP contribution in [0.2, 0.25) is 0 Å². The summed E-state index contributed by atoms with van der Waals surface area (Å²) in [6, 6.07) is 1.13. The van der Waals surface area contributed by atoms with Gasteiger partial charge in [0.25, 0.3) is 0 Å². The molecule has 0 aliphatic heterocycles. The van der Waals surface area contributed by atoms with Gasteiger partial charge in [-0.3, -0.25) is 0 Å². The Morgan fingerprint density at radius 3 is 2.23 bits per heavy atom. The number of halogens is 4. The summed E-state index contributed by atoms with van der Waals surface area (Å²) in [6.45, 7) is 0. The molecule has 0 bridgehead atoms. The summed E-state index contributed by atoms with van der Waals surface area (Å²) in [5.74, 6) is -2.35. The van der Waals surface area contributed by atoms with E-state index in [0.29, 0.717) is 12.1 Å². The van der Waals surface area contributed by atoms with E-state index in [1.54, 1.807) is 0 Å². The lowest BCUT2D eigenvalue weighted by atomic mass is 10.1. The van der Waals surface area contributed by atoms with Gasteiger partial charge in [0, 0.05) is 0 Å². The largest absolute Gasteiger partial charge is 0.505 e. The van der Waals surface area contributed by atoms with Crippen LogP contribution in [0.15, 0.2) is 12.1 Å². The van der Waals surface area contributed by atoms with Crippen molar-refractivity contribution in [1.29, 1.82) is 0 Å². The number of hydrogen-bond acceptors (Lipinski definition) is 2. The summed E-state index contributed by atoms with van der Waals surface area (Å²) < 4.78 is 48.7. The number of anilines is 1. The number of phenolic OH excluding ortho intramolecular Hbond substituents is 1. The predicted molar refractivity (Wildman–Crippen MR) is 37.5 cm³/mol. The minimum absolute atomic E-state index is 0.522. The van der Waals surface area contributed by atoms with E-state index in [-0.39, 0.29) is 0 Å². The van der Waals surface area contributed by atoms with Crippen LogP contribution in [-0.4, -0.2) is 5.11 Å². The number of rotatable bonds is 0. The van der Waals surface area contributed by atoms with Gasteiger partial charge in [0.15, 0.2) is 11.6 Å². The van der Waals surface area contributed by atoms with Crippen LogP contribution in [0.25, 0.3) is 0 Å². The number of hydrogen-bond donors (Lipinski definition) is 2. The number of benzene rings is 1. The molecular formula is C7H5F4NO. The zero-order chi connectivity index (χ0) is 10.2. The zero-order valence-electron chi connectivity index (χ0n) is 6.19. The van der Waals surface area contributed by atoms with Gasteiger partial charge in [-0.1, -0.05) is 0 Å². The highest BCUT2D eigenvalue weighted by Crippen LogP contribution is 2.36. The highest BCUT2D eigenvalue weighted by atomic mass is 19.4. The van der Waals surface area contributed by atoms with Gasteiger partial charge >= 0.3 is 6.18 Å². The fourth-order valence-corrected chi connectivity index (χ4v) is 0.829. The van der Waals surface area contributed by atoms with Gasteiger partial charge < -0.3 is 10.8 Å². The average molecular weight is 195 g/mol. The van der Waals surface area contributed by atoms with E-state index in [9.17, 15) is 17.6 Å². The molecule has 6 heteroatoms. The highest BCUT2D eigenvalue weighted by Gasteiger charge is 2.34. The monoisotopic (exact) mass is 195 g/mol. The van der Waals surface area contributed by atoms with Crippen LogP contribution in [-0.2, 0) is 6.18 Å². The third-order valence-corrected chi connectivity index (χ3v) is 1.46. The SMILES string of the molecule is Nc1c(C(F)(F)F)ccc(O)c1F. The van der Waals surface area contributed by atoms with Crippen LogP contribution in [0.5, 0.6) is 5.75 Å². The van der Waals surface area contributed by atoms with Crippen molar-refractivity contribution in [2.75, 3.05) is 5.73 Å². The molecule has 0 unspecified atom stereocenters. The van der Waals surface area contributed by atoms with E-state index < -0.39 is 29.0 Å². The summed E-state index contributed by atoms with van der Waals surface area (Å²) in [5, 5.41) is 8.67. The maximum absolute atomic E-state index is 12.6. The van der Waals surface area contributed by atoms with E-state index in [2.05, 4.69) is 0 Å². The summed E-state index contributed by atoms with van der Waals surface area (Å²) in [5.41, 5.74) is 2.44. The van der Waals surface area contributed by atoms with Crippen molar-refractivity contribution < 1.29 is 22.7 Å². The lowest BCUT2D eigenvalue weighted by Crippen LogP contribution is -2.10. The van der Waals surface area contributed by atoms with Gasteiger partial charge in [0.1, 0.15) is 0 Å². The summed E-state index contributed by atoms with van der Waals surface area (Å²) in [6.07, 6.45) is -4.71. The molecule has 0 saturated carbocycles. The molecule has 1 aromatic rings. The first kappa shape index (κ1) is 9.63. The first-order valence-electron chi connectivity index (χ1n) is 3.18. The Bertz CT molecular complexity index is 334. The van der Waals surface area contributed by atoms with Gasteiger partial charge in [0.2, 0.25) is 0 Å². The van der Waals surface area contributed by atoms with E-state index in [4.69, 9.17) is 10.8 Å². The van der Waals surface area contributed by atoms with Gasteiger partial charge in [0.05, 0.1) is 11.3 Å². The van der Waals surface area contributed by atoms with Crippen LogP contribution in [0.4, 0.5) is 23.2 Å². The molecule has 0 saturated heterocycles. The molecule has 0 aliphatic rings. The molecule has 1 rings (SSSR count). The fraction of sp³-hybridized carbons (Fsp3) is 0.143. The number of nitrogens with two attached hydrogens (primary N) is 1. The van der Waals surface area contributed by atoms with E-state index in [0.717, 1.165) is 0 Å². The van der Waals surface area contributed by atoms with Crippen molar-refractivity contribution in [2.45, 2.75) is 6.18 Å². The van der Waals surface area contributed by atoms with E-state index in [1.807, 2.05) is 0 Å². The van der Waals surface area contributed by atoms with Gasteiger partial charge in [-0.15, -0.1) is 0 Å². The first-order valence-corrected chi connectivity index (χ1v) is 3.18. The molecule has 0 radical (unpaired) electrons. The van der Waals surface area contributed by atoms with Crippen molar-refractivity contribution in [3.05, 3.63) is 23.5 Å².